The Kier molecular flexibility index (Phi) is 5.53. The number of ketones is 1. The summed E-state index contributed by atoms with van der Waals surface area (Å²) in [4.78, 5) is 25.0. The summed E-state index contributed by atoms with van der Waals surface area (Å²) < 4.78 is 51.1. The van der Waals surface area contributed by atoms with Crippen LogP contribution in [0.2, 0.25) is 0 Å². The highest BCUT2D eigenvalue weighted by molar-refractivity contribution is 7.80. The number of amides is 1. The summed E-state index contributed by atoms with van der Waals surface area (Å²) in [5, 5.41) is 1.92. The number of halogens is 4. The van der Waals surface area contributed by atoms with Gasteiger partial charge < -0.3 is 4.90 Å². The average Bonchev–Trinajstić information content (AvgIpc) is 2.54. The van der Waals surface area contributed by atoms with E-state index in [2.05, 4.69) is 5.32 Å². The van der Waals surface area contributed by atoms with Gasteiger partial charge in [0, 0.05) is 18.7 Å². The molecule has 0 unspecified atom stereocenters. The smallest absolute Gasteiger partial charge is 0.348 e. The van der Waals surface area contributed by atoms with E-state index in [0.29, 0.717) is 0 Å². The van der Waals surface area contributed by atoms with E-state index in [1.165, 1.54) is 4.90 Å². The second-order valence-electron chi connectivity index (χ2n) is 5.42. The number of nitrogens with zero attached hydrogens (tertiary/aromatic N) is 1. The molecule has 0 aromatic heterocycles. The van der Waals surface area contributed by atoms with Crippen LogP contribution in [0.25, 0.3) is 0 Å². The number of piperidine rings is 1. The van der Waals surface area contributed by atoms with Crippen molar-refractivity contribution in [2.75, 3.05) is 13.1 Å². The van der Waals surface area contributed by atoms with Crippen molar-refractivity contribution in [2.45, 2.75) is 19.0 Å². The van der Waals surface area contributed by atoms with Crippen molar-refractivity contribution in [1.29, 1.82) is 0 Å². The first-order chi connectivity index (χ1) is 11.2. The van der Waals surface area contributed by atoms with E-state index < -0.39 is 29.6 Å². The largest absolute Gasteiger partial charge is 0.393 e. The molecular weight excluding hydrogens is 348 g/mol. The van der Waals surface area contributed by atoms with Crippen LogP contribution in [-0.4, -0.2) is 41.0 Å². The third-order valence-corrected chi connectivity index (χ3v) is 4.06. The number of Topliss-reactive ketones (excluding diaryl/α,β-unsaturated/α-hetero) is 1. The number of alkyl halides is 3. The Morgan fingerprint density at radius 2 is 1.83 bits per heavy atom. The predicted octanol–water partition coefficient (Wildman–Crippen LogP) is 2.68. The van der Waals surface area contributed by atoms with Crippen LogP contribution in [0.5, 0.6) is 0 Å². The second kappa shape index (κ2) is 7.25. The van der Waals surface area contributed by atoms with E-state index >= 15 is 0 Å². The molecule has 1 aliphatic heterocycles. The maximum absolute atomic E-state index is 12.8. The summed E-state index contributed by atoms with van der Waals surface area (Å²) in [6.45, 7) is -0.0796. The molecule has 0 spiro atoms. The molecule has 1 aromatic rings. The second-order valence-corrected chi connectivity index (χ2v) is 5.81. The van der Waals surface area contributed by atoms with Gasteiger partial charge in [-0.1, -0.05) is 0 Å². The molecule has 130 valence electrons. The summed E-state index contributed by atoms with van der Waals surface area (Å²) in [5.74, 6) is -4.09. The van der Waals surface area contributed by atoms with Gasteiger partial charge in [-0.15, -0.1) is 0 Å². The van der Waals surface area contributed by atoms with E-state index in [9.17, 15) is 27.2 Å². The fraction of sp³-hybridized carbons (Fsp3) is 0.400. The van der Waals surface area contributed by atoms with E-state index in [-0.39, 0.29) is 36.6 Å². The molecule has 1 atom stereocenters. The highest BCUT2D eigenvalue weighted by atomic mass is 32.1. The third-order valence-electron chi connectivity index (χ3n) is 3.70. The monoisotopic (exact) mass is 362 g/mol. The van der Waals surface area contributed by atoms with Gasteiger partial charge >= 0.3 is 6.18 Å². The van der Waals surface area contributed by atoms with Gasteiger partial charge in [0.1, 0.15) is 5.82 Å². The Labute approximate surface area is 140 Å². The van der Waals surface area contributed by atoms with Crippen LogP contribution in [0.15, 0.2) is 24.3 Å². The van der Waals surface area contributed by atoms with Gasteiger partial charge in [0.25, 0.3) is 11.7 Å². The Morgan fingerprint density at radius 3 is 2.42 bits per heavy atom. The highest BCUT2D eigenvalue weighted by Crippen LogP contribution is 2.33. The highest BCUT2D eigenvalue weighted by Gasteiger charge is 2.42. The van der Waals surface area contributed by atoms with E-state index in [0.717, 1.165) is 24.3 Å². The lowest BCUT2D eigenvalue weighted by atomic mass is 9.98. The Hall–Kier alpha value is -2.03. The molecule has 1 saturated heterocycles. The lowest BCUT2D eigenvalue weighted by Gasteiger charge is -2.35. The number of likely N-dealkylation sites (tertiary alicyclic amines) is 1. The molecule has 24 heavy (non-hydrogen) atoms. The standard InChI is InChI=1S/C15H14F4N2O2S/c16-11-5-3-9(4-6-11)12(22)13(23)20-14(24)21-7-1-2-10(8-21)15(17,18)19/h3-6,10H,1-2,7-8H2,(H,20,23,24)/t10-/m0/s1. The molecule has 9 heteroatoms. The van der Waals surface area contributed by atoms with Crippen LogP contribution in [-0.2, 0) is 4.79 Å². The van der Waals surface area contributed by atoms with Crippen molar-refractivity contribution < 1.29 is 27.2 Å². The fourth-order valence-corrected chi connectivity index (χ4v) is 2.65. The van der Waals surface area contributed by atoms with Crippen LogP contribution >= 0.6 is 12.2 Å². The molecule has 1 aromatic carbocycles. The van der Waals surface area contributed by atoms with Gasteiger partial charge in [0.15, 0.2) is 5.11 Å². The molecule has 0 saturated carbocycles. The van der Waals surface area contributed by atoms with Gasteiger partial charge in [0.05, 0.1) is 5.92 Å². The van der Waals surface area contributed by atoms with Crippen molar-refractivity contribution in [3.8, 4) is 0 Å². The van der Waals surface area contributed by atoms with Crippen molar-refractivity contribution in [3.05, 3.63) is 35.6 Å². The molecule has 1 aliphatic rings. The Balaban J connectivity index is 1.97. The first-order valence-corrected chi connectivity index (χ1v) is 7.56. The summed E-state index contributed by atoms with van der Waals surface area (Å²) >= 11 is 4.93. The summed E-state index contributed by atoms with van der Waals surface area (Å²) in [7, 11) is 0. The summed E-state index contributed by atoms with van der Waals surface area (Å²) in [5.41, 5.74) is -0.0384. The van der Waals surface area contributed by atoms with Crippen LogP contribution in [0, 0.1) is 11.7 Å². The van der Waals surface area contributed by atoms with Gasteiger partial charge in [0.2, 0.25) is 0 Å². The molecule has 4 nitrogen and oxygen atoms in total. The number of hydrogen-bond donors (Lipinski definition) is 1. The first kappa shape index (κ1) is 18.3. The van der Waals surface area contributed by atoms with E-state index in [1.807, 2.05) is 0 Å². The predicted molar refractivity (Wildman–Crippen MR) is 81.8 cm³/mol. The van der Waals surface area contributed by atoms with Gasteiger partial charge in [-0.25, -0.2) is 4.39 Å². The number of thiocarbonyl (C=S) groups is 1. The first-order valence-electron chi connectivity index (χ1n) is 7.15. The van der Waals surface area contributed by atoms with E-state index in [1.54, 1.807) is 0 Å². The average molecular weight is 362 g/mol. The minimum absolute atomic E-state index is 0.00503. The molecule has 1 heterocycles. The number of rotatable bonds is 2. The van der Waals surface area contributed by atoms with Gasteiger partial charge in [-0.05, 0) is 49.3 Å². The topological polar surface area (TPSA) is 49.4 Å². The SMILES string of the molecule is O=C(NC(=S)N1CCC[C@H](C(F)(F)F)C1)C(=O)c1ccc(F)cc1. The van der Waals surface area contributed by atoms with Crippen molar-refractivity contribution in [3.63, 3.8) is 0 Å². The molecule has 2 rings (SSSR count). The fourth-order valence-electron chi connectivity index (χ4n) is 2.39. The molecular formula is C15H14F4N2O2S. The van der Waals surface area contributed by atoms with Crippen molar-refractivity contribution >= 4 is 29.0 Å². The van der Waals surface area contributed by atoms with Crippen LogP contribution in [0.3, 0.4) is 0 Å². The minimum atomic E-state index is -4.33. The van der Waals surface area contributed by atoms with Crippen LogP contribution in [0.1, 0.15) is 23.2 Å². The molecule has 0 aliphatic carbocycles. The molecule has 1 N–H and O–H groups in total. The van der Waals surface area contributed by atoms with Gasteiger partial charge in [-0.3, -0.25) is 14.9 Å². The van der Waals surface area contributed by atoms with Crippen molar-refractivity contribution in [1.82, 2.24) is 10.2 Å². The zero-order valence-electron chi connectivity index (χ0n) is 12.4. The lowest BCUT2D eigenvalue weighted by Crippen LogP contribution is -2.50. The normalized spacial score (nSPS) is 18.2. The zero-order valence-corrected chi connectivity index (χ0v) is 13.2. The number of carbonyl (C=O) groups is 2. The maximum Gasteiger partial charge on any atom is 0.393 e. The van der Waals surface area contributed by atoms with Gasteiger partial charge in [-0.2, -0.15) is 13.2 Å². The molecule has 1 fully saturated rings. The number of nitrogens with one attached hydrogen (secondary N) is 1. The molecule has 0 bridgehead atoms. The van der Waals surface area contributed by atoms with Crippen LogP contribution in [0.4, 0.5) is 17.6 Å². The van der Waals surface area contributed by atoms with Crippen LogP contribution < -0.4 is 5.32 Å². The summed E-state index contributed by atoms with van der Waals surface area (Å²) in [6, 6.07) is 4.33. The minimum Gasteiger partial charge on any atom is -0.348 e. The summed E-state index contributed by atoms with van der Waals surface area (Å²) in [6.07, 6.45) is -4.04. The number of hydrogen-bond acceptors (Lipinski definition) is 3. The van der Waals surface area contributed by atoms with Crippen molar-refractivity contribution in [2.24, 2.45) is 5.92 Å². The lowest BCUT2D eigenvalue weighted by molar-refractivity contribution is -0.183. The Morgan fingerprint density at radius 1 is 1.21 bits per heavy atom. The molecule has 1 amide bonds. The Bertz CT molecular complexity index is 646. The molecule has 0 radical (unpaired) electrons. The maximum atomic E-state index is 12.8. The number of benzene rings is 1. The third kappa shape index (κ3) is 4.50. The zero-order chi connectivity index (χ0) is 17.9. The quantitative estimate of drug-likeness (QED) is 0.380. The van der Waals surface area contributed by atoms with E-state index in [4.69, 9.17) is 12.2 Å². The number of carbonyl (C=O) groups excluding carboxylic acids is 2.